The molecule has 1 aromatic rings. The van der Waals surface area contributed by atoms with Gasteiger partial charge in [0.25, 0.3) is 0 Å². The van der Waals surface area contributed by atoms with Gasteiger partial charge in [0.15, 0.2) is 5.82 Å². The van der Waals surface area contributed by atoms with Crippen molar-refractivity contribution in [2.24, 2.45) is 0 Å². The van der Waals surface area contributed by atoms with Gasteiger partial charge in [-0.3, -0.25) is 0 Å². The molecule has 0 fully saturated rings. The van der Waals surface area contributed by atoms with Crippen LogP contribution in [0.15, 0.2) is 6.07 Å². The van der Waals surface area contributed by atoms with Gasteiger partial charge in [0, 0.05) is 18.7 Å². The largest absolute Gasteiger partial charge is 0.374 e. The maximum atomic E-state index is 5.91. The Morgan fingerprint density at radius 1 is 1.44 bits per heavy atom. The van der Waals surface area contributed by atoms with Crippen LogP contribution in [0.3, 0.4) is 0 Å². The SMILES string of the molecule is CCOCc1nc(Cl)cc(NC(C)CC)n1. The number of nitrogens with zero attached hydrogens (tertiary/aromatic N) is 2. The Morgan fingerprint density at radius 3 is 2.81 bits per heavy atom. The molecule has 1 unspecified atom stereocenters. The maximum Gasteiger partial charge on any atom is 0.158 e. The van der Waals surface area contributed by atoms with Crippen LogP contribution in [0.5, 0.6) is 0 Å². The molecular weight excluding hydrogens is 226 g/mol. The molecule has 5 heteroatoms. The second kappa shape index (κ2) is 6.66. The number of nitrogens with one attached hydrogen (secondary N) is 1. The van der Waals surface area contributed by atoms with Crippen molar-refractivity contribution in [3.05, 3.63) is 17.0 Å². The highest BCUT2D eigenvalue weighted by atomic mass is 35.5. The van der Waals surface area contributed by atoms with Crippen molar-refractivity contribution in [2.75, 3.05) is 11.9 Å². The van der Waals surface area contributed by atoms with Crippen LogP contribution in [0.4, 0.5) is 5.82 Å². The van der Waals surface area contributed by atoms with Crippen LogP contribution < -0.4 is 5.32 Å². The van der Waals surface area contributed by atoms with E-state index in [0.717, 1.165) is 12.2 Å². The van der Waals surface area contributed by atoms with Gasteiger partial charge in [-0.2, -0.15) is 0 Å². The number of hydrogen-bond donors (Lipinski definition) is 1. The summed E-state index contributed by atoms with van der Waals surface area (Å²) in [7, 11) is 0. The smallest absolute Gasteiger partial charge is 0.158 e. The van der Waals surface area contributed by atoms with Crippen molar-refractivity contribution in [1.29, 1.82) is 0 Å². The first-order valence-corrected chi connectivity index (χ1v) is 5.91. The van der Waals surface area contributed by atoms with E-state index in [9.17, 15) is 0 Å². The minimum Gasteiger partial charge on any atom is -0.374 e. The first-order chi connectivity index (χ1) is 7.65. The maximum absolute atomic E-state index is 5.91. The summed E-state index contributed by atoms with van der Waals surface area (Å²) in [6.07, 6.45) is 1.03. The lowest BCUT2D eigenvalue weighted by Crippen LogP contribution is -2.15. The Bertz CT molecular complexity index is 333. The highest BCUT2D eigenvalue weighted by Crippen LogP contribution is 2.13. The summed E-state index contributed by atoms with van der Waals surface area (Å²) in [5.74, 6) is 1.37. The molecule has 1 N–H and O–H groups in total. The van der Waals surface area contributed by atoms with Gasteiger partial charge in [0.1, 0.15) is 17.6 Å². The fourth-order valence-electron chi connectivity index (χ4n) is 1.15. The molecule has 1 aromatic heterocycles. The molecule has 0 spiro atoms. The molecule has 90 valence electrons. The van der Waals surface area contributed by atoms with Gasteiger partial charge in [-0.15, -0.1) is 0 Å². The monoisotopic (exact) mass is 243 g/mol. The van der Waals surface area contributed by atoms with Crippen LogP contribution >= 0.6 is 11.6 Å². The minimum absolute atomic E-state index is 0.367. The zero-order valence-electron chi connectivity index (χ0n) is 9.96. The van der Waals surface area contributed by atoms with Gasteiger partial charge in [0.2, 0.25) is 0 Å². The van der Waals surface area contributed by atoms with E-state index < -0.39 is 0 Å². The van der Waals surface area contributed by atoms with Crippen LogP contribution in [0.1, 0.15) is 33.0 Å². The molecule has 0 saturated heterocycles. The van der Waals surface area contributed by atoms with Crippen molar-refractivity contribution in [1.82, 2.24) is 9.97 Å². The van der Waals surface area contributed by atoms with Crippen molar-refractivity contribution in [2.45, 2.75) is 39.8 Å². The van der Waals surface area contributed by atoms with E-state index in [-0.39, 0.29) is 0 Å². The molecule has 0 aliphatic heterocycles. The molecule has 0 amide bonds. The number of rotatable bonds is 6. The quantitative estimate of drug-likeness (QED) is 0.781. The third-order valence-electron chi connectivity index (χ3n) is 2.18. The predicted molar refractivity (Wildman–Crippen MR) is 65.7 cm³/mol. The molecule has 4 nitrogen and oxygen atoms in total. The summed E-state index contributed by atoms with van der Waals surface area (Å²) in [4.78, 5) is 8.42. The standard InChI is InChI=1S/C11H18ClN3O/c1-4-8(3)13-10-6-9(12)14-11(15-10)7-16-5-2/h6,8H,4-5,7H2,1-3H3,(H,13,14,15). The lowest BCUT2D eigenvalue weighted by atomic mass is 10.2. The van der Waals surface area contributed by atoms with E-state index >= 15 is 0 Å². The summed E-state index contributed by atoms with van der Waals surface area (Å²) >= 11 is 5.91. The molecule has 16 heavy (non-hydrogen) atoms. The van der Waals surface area contributed by atoms with Crippen molar-refractivity contribution in [3.8, 4) is 0 Å². The molecule has 1 heterocycles. The molecule has 0 saturated carbocycles. The van der Waals surface area contributed by atoms with Gasteiger partial charge in [-0.1, -0.05) is 18.5 Å². The van der Waals surface area contributed by atoms with E-state index in [2.05, 4.69) is 29.1 Å². The van der Waals surface area contributed by atoms with E-state index in [4.69, 9.17) is 16.3 Å². The topological polar surface area (TPSA) is 47.0 Å². The summed E-state index contributed by atoms with van der Waals surface area (Å²) in [5, 5.41) is 3.70. The number of anilines is 1. The third kappa shape index (κ3) is 4.33. The van der Waals surface area contributed by atoms with Gasteiger partial charge in [0.05, 0.1) is 0 Å². The van der Waals surface area contributed by atoms with Gasteiger partial charge in [-0.05, 0) is 20.3 Å². The molecule has 1 atom stereocenters. The van der Waals surface area contributed by atoms with Gasteiger partial charge in [-0.25, -0.2) is 9.97 Å². The predicted octanol–water partition coefficient (Wildman–Crippen LogP) is 2.88. The molecule has 0 aliphatic carbocycles. The average Bonchev–Trinajstić information content (AvgIpc) is 2.25. The van der Waals surface area contributed by atoms with Crippen LogP contribution in [-0.2, 0) is 11.3 Å². The Morgan fingerprint density at radius 2 is 2.19 bits per heavy atom. The second-order valence-electron chi connectivity index (χ2n) is 3.58. The first-order valence-electron chi connectivity index (χ1n) is 5.53. The molecule has 0 bridgehead atoms. The second-order valence-corrected chi connectivity index (χ2v) is 3.97. The lowest BCUT2D eigenvalue weighted by molar-refractivity contribution is 0.128. The zero-order chi connectivity index (χ0) is 12.0. The van der Waals surface area contributed by atoms with Crippen molar-refractivity contribution >= 4 is 17.4 Å². The lowest BCUT2D eigenvalue weighted by Gasteiger charge is -2.12. The molecule has 0 radical (unpaired) electrons. The van der Waals surface area contributed by atoms with E-state index in [1.54, 1.807) is 6.07 Å². The fraction of sp³-hybridized carbons (Fsp3) is 0.636. The van der Waals surface area contributed by atoms with Crippen molar-refractivity contribution < 1.29 is 4.74 Å². The van der Waals surface area contributed by atoms with Crippen LogP contribution in [-0.4, -0.2) is 22.6 Å². The fourth-order valence-corrected chi connectivity index (χ4v) is 1.35. The van der Waals surface area contributed by atoms with E-state index in [0.29, 0.717) is 30.2 Å². The highest BCUT2D eigenvalue weighted by molar-refractivity contribution is 6.29. The Balaban J connectivity index is 2.73. The molecule has 1 rings (SSSR count). The summed E-state index contributed by atoms with van der Waals surface area (Å²) in [5.41, 5.74) is 0. The Labute approximate surface area is 101 Å². The number of hydrogen-bond acceptors (Lipinski definition) is 4. The van der Waals surface area contributed by atoms with E-state index in [1.807, 2.05) is 6.92 Å². The molecular formula is C11H18ClN3O. The first kappa shape index (κ1) is 13.2. The third-order valence-corrected chi connectivity index (χ3v) is 2.38. The Hall–Kier alpha value is -0.870. The van der Waals surface area contributed by atoms with Crippen LogP contribution in [0, 0.1) is 0 Å². The van der Waals surface area contributed by atoms with Crippen LogP contribution in [0.2, 0.25) is 5.15 Å². The summed E-state index contributed by atoms with van der Waals surface area (Å²) in [6.45, 7) is 7.18. The molecule has 0 aromatic carbocycles. The summed E-state index contributed by atoms with van der Waals surface area (Å²) in [6, 6.07) is 2.09. The minimum atomic E-state index is 0.367. The van der Waals surface area contributed by atoms with Crippen molar-refractivity contribution in [3.63, 3.8) is 0 Å². The van der Waals surface area contributed by atoms with Gasteiger partial charge < -0.3 is 10.1 Å². The van der Waals surface area contributed by atoms with Gasteiger partial charge >= 0.3 is 0 Å². The molecule has 0 aliphatic rings. The average molecular weight is 244 g/mol. The number of ether oxygens (including phenoxy) is 1. The number of aromatic nitrogens is 2. The number of halogens is 1. The summed E-state index contributed by atoms with van der Waals surface area (Å²) < 4.78 is 5.25. The zero-order valence-corrected chi connectivity index (χ0v) is 10.7. The van der Waals surface area contributed by atoms with E-state index in [1.165, 1.54) is 0 Å². The highest BCUT2D eigenvalue weighted by Gasteiger charge is 2.05. The Kier molecular flexibility index (Phi) is 5.49. The van der Waals surface area contributed by atoms with Crippen LogP contribution in [0.25, 0.3) is 0 Å². The normalized spacial score (nSPS) is 12.5.